The van der Waals surface area contributed by atoms with Gasteiger partial charge in [0.15, 0.2) is 0 Å². The monoisotopic (exact) mass is 311 g/mol. The van der Waals surface area contributed by atoms with Crippen molar-refractivity contribution in [2.45, 2.75) is 45.7 Å². The normalized spacial score (nSPS) is 15.3. The molecule has 1 rings (SSSR count). The quantitative estimate of drug-likeness (QED) is 0.717. The molecule has 4 N–H and O–H groups in total. The molecule has 0 aromatic carbocycles. The number of nitrogens with two attached hydrogens (primary N) is 1. The molecule has 5 nitrogen and oxygen atoms in total. The second-order valence-electron chi connectivity index (χ2n) is 6.02. The Morgan fingerprint density at radius 2 is 2.05 bits per heavy atom. The largest absolute Gasteiger partial charge is 0.348 e. The minimum atomic E-state index is -0.599. The first-order valence-corrected chi connectivity index (χ1v) is 8.02. The first-order valence-electron chi connectivity index (χ1n) is 7.14. The Hall–Kier alpha value is -1.40. The van der Waals surface area contributed by atoms with Crippen LogP contribution in [0.5, 0.6) is 0 Å². The summed E-state index contributed by atoms with van der Waals surface area (Å²) >= 11 is 1.35. The SMILES string of the molecule is CC(C)CC(C)(CN)NC(=O)C(C)NC(=O)c1cccs1. The third-order valence-electron chi connectivity index (χ3n) is 3.22. The topological polar surface area (TPSA) is 84.2 Å². The maximum absolute atomic E-state index is 12.2. The van der Waals surface area contributed by atoms with E-state index in [2.05, 4.69) is 24.5 Å². The van der Waals surface area contributed by atoms with Gasteiger partial charge in [0.05, 0.1) is 4.88 Å². The zero-order chi connectivity index (χ0) is 16.0. The summed E-state index contributed by atoms with van der Waals surface area (Å²) in [5.74, 6) is -0.0191. The molecule has 0 radical (unpaired) electrons. The molecular formula is C15H25N3O2S. The molecular weight excluding hydrogens is 286 g/mol. The second-order valence-corrected chi connectivity index (χ2v) is 6.97. The molecule has 21 heavy (non-hydrogen) atoms. The number of carbonyl (C=O) groups excluding carboxylic acids is 2. The third kappa shape index (κ3) is 5.47. The van der Waals surface area contributed by atoms with E-state index >= 15 is 0 Å². The highest BCUT2D eigenvalue weighted by atomic mass is 32.1. The molecule has 0 saturated heterocycles. The van der Waals surface area contributed by atoms with Gasteiger partial charge in [0, 0.05) is 12.1 Å². The van der Waals surface area contributed by atoms with Crippen molar-refractivity contribution in [1.82, 2.24) is 10.6 Å². The summed E-state index contributed by atoms with van der Waals surface area (Å²) in [6, 6.07) is 2.93. The Balaban J connectivity index is 2.59. The van der Waals surface area contributed by atoms with E-state index in [4.69, 9.17) is 5.73 Å². The van der Waals surface area contributed by atoms with Crippen LogP contribution < -0.4 is 16.4 Å². The van der Waals surface area contributed by atoms with Crippen LogP contribution in [0.25, 0.3) is 0 Å². The van der Waals surface area contributed by atoms with Crippen LogP contribution in [0.2, 0.25) is 0 Å². The number of hydrogen-bond donors (Lipinski definition) is 3. The molecule has 0 spiro atoms. The van der Waals surface area contributed by atoms with Gasteiger partial charge < -0.3 is 16.4 Å². The minimum absolute atomic E-state index is 0.214. The van der Waals surface area contributed by atoms with Gasteiger partial charge in [0.1, 0.15) is 6.04 Å². The standard InChI is InChI=1S/C15H25N3O2S/c1-10(2)8-15(4,9-16)18-13(19)11(3)17-14(20)12-6-5-7-21-12/h5-7,10-11H,8-9,16H2,1-4H3,(H,17,20)(H,18,19). The fourth-order valence-electron chi connectivity index (χ4n) is 2.23. The molecule has 1 aromatic rings. The molecule has 0 aliphatic heterocycles. The van der Waals surface area contributed by atoms with Crippen LogP contribution in [0.3, 0.4) is 0 Å². The lowest BCUT2D eigenvalue weighted by atomic mass is 9.90. The Morgan fingerprint density at radius 1 is 1.38 bits per heavy atom. The summed E-state index contributed by atoms with van der Waals surface area (Å²) in [5, 5.41) is 7.48. The first kappa shape index (κ1) is 17.7. The van der Waals surface area contributed by atoms with Crippen molar-refractivity contribution in [1.29, 1.82) is 0 Å². The van der Waals surface area contributed by atoms with E-state index in [9.17, 15) is 9.59 Å². The Bertz CT molecular complexity index is 473. The maximum atomic E-state index is 12.2. The van der Waals surface area contributed by atoms with Crippen LogP contribution in [0.4, 0.5) is 0 Å². The van der Waals surface area contributed by atoms with Crippen LogP contribution in [0.1, 0.15) is 43.8 Å². The maximum Gasteiger partial charge on any atom is 0.261 e. The highest BCUT2D eigenvalue weighted by Gasteiger charge is 2.28. The van der Waals surface area contributed by atoms with Crippen LogP contribution in [0, 0.1) is 5.92 Å². The van der Waals surface area contributed by atoms with Crippen molar-refractivity contribution in [3.63, 3.8) is 0 Å². The third-order valence-corrected chi connectivity index (χ3v) is 4.09. The number of rotatable bonds is 7. The molecule has 6 heteroatoms. The predicted molar refractivity (Wildman–Crippen MR) is 86.3 cm³/mol. The smallest absolute Gasteiger partial charge is 0.261 e. The summed E-state index contributed by atoms with van der Waals surface area (Å²) in [6.07, 6.45) is 0.792. The number of nitrogens with one attached hydrogen (secondary N) is 2. The summed E-state index contributed by atoms with van der Waals surface area (Å²) < 4.78 is 0. The molecule has 2 atom stereocenters. The lowest BCUT2D eigenvalue weighted by Crippen LogP contribution is -2.57. The molecule has 0 aliphatic carbocycles. The number of thiophene rings is 1. The lowest BCUT2D eigenvalue weighted by Gasteiger charge is -2.32. The van der Waals surface area contributed by atoms with E-state index in [0.29, 0.717) is 17.3 Å². The van der Waals surface area contributed by atoms with Gasteiger partial charge in [-0.15, -0.1) is 11.3 Å². The molecule has 2 amide bonds. The Labute approximate surface area is 130 Å². The average Bonchev–Trinajstić information content (AvgIpc) is 2.91. The van der Waals surface area contributed by atoms with E-state index in [1.165, 1.54) is 11.3 Å². The number of carbonyl (C=O) groups is 2. The molecule has 118 valence electrons. The summed E-state index contributed by atoms with van der Waals surface area (Å²) in [7, 11) is 0. The van der Waals surface area contributed by atoms with E-state index in [-0.39, 0.29) is 11.8 Å². The van der Waals surface area contributed by atoms with E-state index in [1.54, 1.807) is 19.1 Å². The zero-order valence-corrected chi connectivity index (χ0v) is 13.9. The van der Waals surface area contributed by atoms with Gasteiger partial charge in [-0.1, -0.05) is 19.9 Å². The van der Waals surface area contributed by atoms with Crippen molar-refractivity contribution in [3.05, 3.63) is 22.4 Å². The van der Waals surface area contributed by atoms with E-state index in [1.807, 2.05) is 12.3 Å². The van der Waals surface area contributed by atoms with Crippen molar-refractivity contribution in [2.75, 3.05) is 6.54 Å². The zero-order valence-electron chi connectivity index (χ0n) is 13.1. The summed E-state index contributed by atoms with van der Waals surface area (Å²) in [5.41, 5.74) is 5.33. The van der Waals surface area contributed by atoms with Crippen LogP contribution >= 0.6 is 11.3 Å². The van der Waals surface area contributed by atoms with Gasteiger partial charge in [-0.3, -0.25) is 9.59 Å². The number of hydrogen-bond acceptors (Lipinski definition) is 4. The lowest BCUT2D eigenvalue weighted by molar-refractivity contribution is -0.124. The Kier molecular flexibility index (Phi) is 6.36. The fraction of sp³-hybridized carbons (Fsp3) is 0.600. The highest BCUT2D eigenvalue weighted by molar-refractivity contribution is 7.12. The molecule has 1 aromatic heterocycles. The van der Waals surface area contributed by atoms with Crippen LogP contribution in [0.15, 0.2) is 17.5 Å². The van der Waals surface area contributed by atoms with Crippen molar-refractivity contribution in [3.8, 4) is 0 Å². The second kappa shape index (κ2) is 7.56. The van der Waals surface area contributed by atoms with Crippen molar-refractivity contribution < 1.29 is 9.59 Å². The van der Waals surface area contributed by atoms with Gasteiger partial charge in [-0.05, 0) is 37.6 Å². The highest BCUT2D eigenvalue weighted by Crippen LogP contribution is 2.15. The van der Waals surface area contributed by atoms with Gasteiger partial charge in [0.2, 0.25) is 5.91 Å². The summed E-state index contributed by atoms with van der Waals surface area (Å²) in [6.45, 7) is 8.14. The predicted octanol–water partition coefficient (Wildman–Crippen LogP) is 1.75. The molecule has 0 saturated carbocycles. The molecule has 0 bridgehead atoms. The van der Waals surface area contributed by atoms with Crippen LogP contribution in [-0.4, -0.2) is 29.9 Å². The van der Waals surface area contributed by atoms with Crippen molar-refractivity contribution in [2.24, 2.45) is 11.7 Å². The van der Waals surface area contributed by atoms with Gasteiger partial charge in [0.25, 0.3) is 5.91 Å². The molecule has 1 heterocycles. The minimum Gasteiger partial charge on any atom is -0.348 e. The Morgan fingerprint density at radius 3 is 2.52 bits per heavy atom. The molecule has 0 fully saturated rings. The van der Waals surface area contributed by atoms with Crippen LogP contribution in [-0.2, 0) is 4.79 Å². The van der Waals surface area contributed by atoms with Gasteiger partial charge in [-0.25, -0.2) is 0 Å². The van der Waals surface area contributed by atoms with Crippen molar-refractivity contribution >= 4 is 23.2 Å². The fourth-order valence-corrected chi connectivity index (χ4v) is 2.86. The first-order chi connectivity index (χ1) is 9.77. The molecule has 2 unspecified atom stereocenters. The number of amides is 2. The van der Waals surface area contributed by atoms with E-state index in [0.717, 1.165) is 6.42 Å². The van der Waals surface area contributed by atoms with E-state index < -0.39 is 11.6 Å². The summed E-state index contributed by atoms with van der Waals surface area (Å²) in [4.78, 5) is 24.8. The average molecular weight is 311 g/mol. The van der Waals surface area contributed by atoms with Gasteiger partial charge in [-0.2, -0.15) is 0 Å². The molecule has 0 aliphatic rings. The van der Waals surface area contributed by atoms with Gasteiger partial charge >= 0.3 is 0 Å².